The Hall–Kier alpha value is -0.0800. The van der Waals surface area contributed by atoms with Gasteiger partial charge in [-0.2, -0.15) is 0 Å². The molecular formula is C18H38N2. The highest BCUT2D eigenvalue weighted by Gasteiger charge is 2.27. The average molecular weight is 283 g/mol. The molecule has 1 saturated carbocycles. The van der Waals surface area contributed by atoms with E-state index in [-0.39, 0.29) is 0 Å². The minimum Gasteiger partial charge on any atom is -0.328 e. The van der Waals surface area contributed by atoms with Crippen LogP contribution in [0.2, 0.25) is 0 Å². The third-order valence-corrected chi connectivity index (χ3v) is 5.13. The molecule has 1 rings (SSSR count). The van der Waals surface area contributed by atoms with Crippen LogP contribution in [0.5, 0.6) is 0 Å². The fourth-order valence-corrected chi connectivity index (χ4v) is 3.85. The maximum atomic E-state index is 6.33. The summed E-state index contributed by atoms with van der Waals surface area (Å²) in [7, 11) is 0. The van der Waals surface area contributed by atoms with Crippen LogP contribution in [0, 0.1) is 11.8 Å². The minimum absolute atomic E-state index is 0.424. The Kier molecular flexibility index (Phi) is 9.54. The van der Waals surface area contributed by atoms with Crippen molar-refractivity contribution >= 4 is 0 Å². The predicted octanol–water partition coefficient (Wildman–Crippen LogP) is 4.61. The number of rotatable bonds is 10. The van der Waals surface area contributed by atoms with Crippen LogP contribution >= 0.6 is 0 Å². The fraction of sp³-hybridized carbons (Fsp3) is 1.00. The first-order valence-electron chi connectivity index (χ1n) is 9.18. The van der Waals surface area contributed by atoms with E-state index in [1.165, 1.54) is 77.0 Å². The van der Waals surface area contributed by atoms with E-state index in [1.807, 2.05) is 0 Å². The van der Waals surface area contributed by atoms with Gasteiger partial charge in [-0.15, -0.1) is 0 Å². The van der Waals surface area contributed by atoms with Crippen LogP contribution in [0.4, 0.5) is 0 Å². The second-order valence-corrected chi connectivity index (χ2v) is 7.08. The fourth-order valence-electron chi connectivity index (χ4n) is 3.85. The lowest BCUT2D eigenvalue weighted by Crippen LogP contribution is -2.33. The van der Waals surface area contributed by atoms with Crippen LogP contribution in [0.3, 0.4) is 0 Å². The van der Waals surface area contributed by atoms with Gasteiger partial charge in [-0.3, -0.25) is 0 Å². The van der Waals surface area contributed by atoms with E-state index in [0.717, 1.165) is 11.8 Å². The molecule has 1 fully saturated rings. The Balaban J connectivity index is 2.36. The van der Waals surface area contributed by atoms with Gasteiger partial charge >= 0.3 is 0 Å². The van der Waals surface area contributed by atoms with Crippen LogP contribution in [-0.4, -0.2) is 12.1 Å². The standard InChI is InChI=1S/C18H38N2/c1-3-5-11-17(19)13-15-9-7-8-10-16(15)14-18(20)12-6-4-2/h15-18H,3-14,19-20H2,1-2H3. The van der Waals surface area contributed by atoms with Crippen LogP contribution in [-0.2, 0) is 0 Å². The van der Waals surface area contributed by atoms with E-state index in [4.69, 9.17) is 11.5 Å². The van der Waals surface area contributed by atoms with E-state index < -0.39 is 0 Å². The molecule has 1 aliphatic rings. The maximum Gasteiger partial charge on any atom is 0.00415 e. The summed E-state index contributed by atoms with van der Waals surface area (Å²) in [4.78, 5) is 0. The van der Waals surface area contributed by atoms with Crippen molar-refractivity contribution < 1.29 is 0 Å². The van der Waals surface area contributed by atoms with Crippen molar-refractivity contribution in [1.82, 2.24) is 0 Å². The zero-order valence-corrected chi connectivity index (χ0v) is 13.9. The number of hydrogen-bond acceptors (Lipinski definition) is 2. The van der Waals surface area contributed by atoms with Gasteiger partial charge in [0.05, 0.1) is 0 Å². The van der Waals surface area contributed by atoms with Gasteiger partial charge in [0.25, 0.3) is 0 Å². The maximum absolute atomic E-state index is 6.33. The largest absolute Gasteiger partial charge is 0.328 e. The summed E-state index contributed by atoms with van der Waals surface area (Å²) in [5.74, 6) is 1.70. The lowest BCUT2D eigenvalue weighted by Gasteiger charge is -2.35. The van der Waals surface area contributed by atoms with Crippen molar-refractivity contribution in [3.8, 4) is 0 Å². The van der Waals surface area contributed by atoms with Crippen molar-refractivity contribution in [2.75, 3.05) is 0 Å². The molecule has 2 heteroatoms. The molecule has 20 heavy (non-hydrogen) atoms. The molecule has 0 aliphatic heterocycles. The van der Waals surface area contributed by atoms with E-state index in [1.54, 1.807) is 0 Å². The number of unbranched alkanes of at least 4 members (excludes halogenated alkanes) is 2. The summed E-state index contributed by atoms with van der Waals surface area (Å²) in [6, 6.07) is 0.847. The molecule has 0 saturated heterocycles. The van der Waals surface area contributed by atoms with Gasteiger partial charge in [-0.25, -0.2) is 0 Å². The van der Waals surface area contributed by atoms with Gasteiger partial charge in [-0.1, -0.05) is 65.2 Å². The van der Waals surface area contributed by atoms with Crippen LogP contribution in [0.15, 0.2) is 0 Å². The highest BCUT2D eigenvalue weighted by Crippen LogP contribution is 2.36. The SMILES string of the molecule is CCCCC(N)CC1CCCCC1CC(N)CCCC. The summed E-state index contributed by atoms with van der Waals surface area (Å²) in [5.41, 5.74) is 12.7. The Morgan fingerprint density at radius 2 is 1.20 bits per heavy atom. The topological polar surface area (TPSA) is 52.0 Å². The molecule has 1 aliphatic carbocycles. The van der Waals surface area contributed by atoms with E-state index >= 15 is 0 Å². The summed E-state index contributed by atoms with van der Waals surface area (Å²) >= 11 is 0. The molecule has 0 aromatic carbocycles. The second-order valence-electron chi connectivity index (χ2n) is 7.08. The Bertz CT molecular complexity index is 205. The molecule has 120 valence electrons. The minimum atomic E-state index is 0.424. The molecule has 0 heterocycles. The van der Waals surface area contributed by atoms with Gasteiger partial charge in [0.1, 0.15) is 0 Å². The van der Waals surface area contributed by atoms with Gasteiger partial charge in [0.15, 0.2) is 0 Å². The van der Waals surface area contributed by atoms with Crippen LogP contribution < -0.4 is 11.5 Å². The molecule has 0 spiro atoms. The Labute approximate surface area is 127 Å². The van der Waals surface area contributed by atoms with Crippen molar-refractivity contribution in [1.29, 1.82) is 0 Å². The first-order valence-corrected chi connectivity index (χ1v) is 9.18. The molecule has 0 aromatic heterocycles. The molecule has 0 amide bonds. The molecular weight excluding hydrogens is 244 g/mol. The lowest BCUT2D eigenvalue weighted by molar-refractivity contribution is 0.186. The van der Waals surface area contributed by atoms with Gasteiger partial charge < -0.3 is 11.5 Å². The van der Waals surface area contributed by atoms with Gasteiger partial charge in [0.2, 0.25) is 0 Å². The molecule has 4 atom stereocenters. The van der Waals surface area contributed by atoms with Gasteiger partial charge in [-0.05, 0) is 37.5 Å². The molecule has 0 bridgehead atoms. The first kappa shape index (κ1) is 18.0. The van der Waals surface area contributed by atoms with Crippen molar-refractivity contribution in [2.24, 2.45) is 23.3 Å². The average Bonchev–Trinajstić information content (AvgIpc) is 2.45. The molecule has 0 aromatic rings. The highest BCUT2D eigenvalue weighted by molar-refractivity contribution is 4.81. The van der Waals surface area contributed by atoms with Gasteiger partial charge in [0, 0.05) is 12.1 Å². The van der Waals surface area contributed by atoms with Crippen LogP contribution in [0.1, 0.15) is 90.9 Å². The van der Waals surface area contributed by atoms with E-state index in [0.29, 0.717) is 12.1 Å². The third kappa shape index (κ3) is 7.08. The predicted molar refractivity (Wildman–Crippen MR) is 89.7 cm³/mol. The normalized spacial score (nSPS) is 26.4. The zero-order chi connectivity index (χ0) is 14.8. The van der Waals surface area contributed by atoms with E-state index in [9.17, 15) is 0 Å². The monoisotopic (exact) mass is 282 g/mol. The molecule has 2 nitrogen and oxygen atoms in total. The third-order valence-electron chi connectivity index (χ3n) is 5.13. The summed E-state index contributed by atoms with van der Waals surface area (Å²) in [5, 5.41) is 0. The molecule has 4 unspecified atom stereocenters. The summed E-state index contributed by atoms with van der Waals surface area (Å²) in [6.45, 7) is 4.51. The second kappa shape index (κ2) is 10.6. The molecule has 4 N–H and O–H groups in total. The van der Waals surface area contributed by atoms with Crippen molar-refractivity contribution in [2.45, 2.75) is 103 Å². The smallest absolute Gasteiger partial charge is 0.00415 e. The molecule has 0 radical (unpaired) electrons. The summed E-state index contributed by atoms with van der Waals surface area (Å²) < 4.78 is 0. The quantitative estimate of drug-likeness (QED) is 0.615. The van der Waals surface area contributed by atoms with Crippen molar-refractivity contribution in [3.05, 3.63) is 0 Å². The Morgan fingerprint density at radius 1 is 0.800 bits per heavy atom. The van der Waals surface area contributed by atoms with Crippen LogP contribution in [0.25, 0.3) is 0 Å². The number of hydrogen-bond donors (Lipinski definition) is 2. The van der Waals surface area contributed by atoms with E-state index in [2.05, 4.69) is 13.8 Å². The van der Waals surface area contributed by atoms with Crippen molar-refractivity contribution in [3.63, 3.8) is 0 Å². The summed E-state index contributed by atoms with van der Waals surface area (Å²) in [6.07, 6.45) is 15.6. The lowest BCUT2D eigenvalue weighted by atomic mass is 9.73. The first-order chi connectivity index (χ1) is 9.67. The Morgan fingerprint density at radius 3 is 1.55 bits per heavy atom. The highest BCUT2D eigenvalue weighted by atomic mass is 14.6. The zero-order valence-electron chi connectivity index (χ0n) is 13.9. The number of nitrogens with two attached hydrogens (primary N) is 2.